The normalized spacial score (nSPS) is 11.7. The van der Waals surface area contributed by atoms with E-state index in [1.54, 1.807) is 0 Å². The third kappa shape index (κ3) is 4.75. The van der Waals surface area contributed by atoms with Crippen LogP contribution in [-0.2, 0) is 20.2 Å². The Morgan fingerprint density at radius 2 is 1.00 bits per heavy atom. The summed E-state index contributed by atoms with van der Waals surface area (Å²) in [5.74, 6) is -1.36. The topological polar surface area (TPSA) is 149 Å². The second kappa shape index (κ2) is 7.17. The van der Waals surface area contributed by atoms with Gasteiger partial charge >= 0.3 is 51.4 Å². The predicted octanol–water partition coefficient (Wildman–Crippen LogP) is -1.63. The zero-order valence-corrected chi connectivity index (χ0v) is 16.5. The fraction of sp³-hybridized carbons (Fsp3) is 0. The zero-order valence-electron chi connectivity index (χ0n) is 12.7. The number of phenolic OH excluding ortho intramolecular Hbond substituents is 2. The SMILES string of the molecule is O=S(=O)(O)c1cc(-c2ccc(O)c(S(=O)(=O)O)c2)ccc1O.[H-].[K+]. The molecule has 8 nitrogen and oxygen atoms in total. The molecule has 120 valence electrons. The van der Waals surface area contributed by atoms with E-state index < -0.39 is 41.5 Å². The van der Waals surface area contributed by atoms with E-state index in [1.165, 1.54) is 12.1 Å². The molecule has 0 saturated heterocycles. The Kier molecular flexibility index (Phi) is 6.40. The number of hydrogen-bond acceptors (Lipinski definition) is 6. The molecule has 0 aromatic heterocycles. The third-order valence-corrected chi connectivity index (χ3v) is 4.57. The summed E-state index contributed by atoms with van der Waals surface area (Å²) in [7, 11) is -9.36. The van der Waals surface area contributed by atoms with E-state index >= 15 is 0 Å². The van der Waals surface area contributed by atoms with Crippen LogP contribution in [0.2, 0.25) is 0 Å². The van der Waals surface area contributed by atoms with E-state index in [1.807, 2.05) is 0 Å². The molecule has 0 aliphatic heterocycles. The van der Waals surface area contributed by atoms with Gasteiger partial charge in [-0.05, 0) is 35.4 Å². The van der Waals surface area contributed by atoms with E-state index in [9.17, 15) is 27.0 Å². The van der Waals surface area contributed by atoms with Crippen LogP contribution in [0.3, 0.4) is 0 Å². The van der Waals surface area contributed by atoms with E-state index in [4.69, 9.17) is 9.11 Å². The average Bonchev–Trinajstić information content (AvgIpc) is 2.37. The van der Waals surface area contributed by atoms with Crippen LogP contribution in [0.1, 0.15) is 1.43 Å². The summed E-state index contributed by atoms with van der Waals surface area (Å²) in [6, 6.07) is 6.38. The summed E-state index contributed by atoms with van der Waals surface area (Å²) in [6.45, 7) is 0. The molecule has 2 rings (SSSR count). The number of hydrogen-bond donors (Lipinski definition) is 4. The first kappa shape index (κ1) is 20.5. The summed E-state index contributed by atoms with van der Waals surface area (Å²) in [5, 5.41) is 18.9. The quantitative estimate of drug-likeness (QED) is 0.363. The van der Waals surface area contributed by atoms with Crippen molar-refractivity contribution in [2.75, 3.05) is 0 Å². The molecule has 0 aliphatic rings. The van der Waals surface area contributed by atoms with Crippen molar-refractivity contribution in [2.24, 2.45) is 0 Å². The Hall–Kier alpha value is -0.504. The van der Waals surface area contributed by atoms with Crippen LogP contribution in [0.15, 0.2) is 46.2 Å². The molecule has 0 unspecified atom stereocenters. The maximum Gasteiger partial charge on any atom is 1.00 e. The zero-order chi connectivity index (χ0) is 16.7. The van der Waals surface area contributed by atoms with Crippen molar-refractivity contribution in [1.29, 1.82) is 0 Å². The molecule has 2 aromatic rings. The second-order valence-electron chi connectivity index (χ2n) is 4.32. The van der Waals surface area contributed by atoms with Crippen molar-refractivity contribution in [3.63, 3.8) is 0 Å². The molecule has 2 aromatic carbocycles. The first-order chi connectivity index (χ1) is 10.00. The molecule has 0 heterocycles. The van der Waals surface area contributed by atoms with Crippen LogP contribution in [0.25, 0.3) is 11.1 Å². The standard InChI is InChI=1S/C12H10O8S2.K.H/c13-9-3-1-7(5-11(9)21(15,16)17)8-2-4-10(14)12(6-8)22(18,19)20;;/h1-6,13-14H,(H,15,16,17)(H,18,19,20);;/q;+1;-1. The Morgan fingerprint density at radius 1 is 0.696 bits per heavy atom. The first-order valence-corrected chi connectivity index (χ1v) is 8.49. The second-order valence-corrected chi connectivity index (χ2v) is 7.10. The van der Waals surface area contributed by atoms with Gasteiger partial charge in [0.1, 0.15) is 21.3 Å². The van der Waals surface area contributed by atoms with Crippen LogP contribution in [-0.4, -0.2) is 36.2 Å². The van der Waals surface area contributed by atoms with Gasteiger partial charge in [-0.1, -0.05) is 12.1 Å². The van der Waals surface area contributed by atoms with E-state index in [-0.39, 0.29) is 63.9 Å². The van der Waals surface area contributed by atoms with Gasteiger partial charge in [-0.15, -0.1) is 0 Å². The number of benzene rings is 2. The molecule has 4 N–H and O–H groups in total. The Bertz CT molecular complexity index is 878. The van der Waals surface area contributed by atoms with Crippen molar-refractivity contribution < 1.29 is 89.0 Å². The van der Waals surface area contributed by atoms with Gasteiger partial charge in [-0.3, -0.25) is 9.11 Å². The van der Waals surface area contributed by atoms with Gasteiger partial charge in [-0.2, -0.15) is 16.8 Å². The van der Waals surface area contributed by atoms with Crippen LogP contribution in [0.5, 0.6) is 11.5 Å². The molecule has 0 saturated carbocycles. The Morgan fingerprint density at radius 3 is 1.26 bits per heavy atom. The van der Waals surface area contributed by atoms with Crippen LogP contribution < -0.4 is 51.4 Å². The number of aromatic hydroxyl groups is 2. The fourth-order valence-corrected chi connectivity index (χ4v) is 3.02. The summed E-state index contributed by atoms with van der Waals surface area (Å²) >= 11 is 0. The smallest absolute Gasteiger partial charge is 1.00 e. The molecule has 0 spiro atoms. The van der Waals surface area contributed by atoms with Gasteiger partial charge in [-0.25, -0.2) is 0 Å². The van der Waals surface area contributed by atoms with Crippen LogP contribution >= 0.6 is 0 Å². The fourth-order valence-electron chi connectivity index (χ4n) is 1.80. The average molecular weight is 386 g/mol. The minimum atomic E-state index is -4.68. The van der Waals surface area contributed by atoms with Gasteiger partial charge in [0.25, 0.3) is 20.2 Å². The molecular weight excluding hydrogens is 375 g/mol. The molecule has 0 amide bonds. The van der Waals surface area contributed by atoms with Crippen molar-refractivity contribution in [2.45, 2.75) is 9.79 Å². The van der Waals surface area contributed by atoms with E-state index in [0.717, 1.165) is 24.3 Å². The van der Waals surface area contributed by atoms with E-state index in [0.29, 0.717) is 0 Å². The van der Waals surface area contributed by atoms with Crippen molar-refractivity contribution >= 4 is 20.2 Å². The maximum absolute atomic E-state index is 11.1. The first-order valence-electron chi connectivity index (χ1n) is 5.61. The van der Waals surface area contributed by atoms with Gasteiger partial charge < -0.3 is 11.6 Å². The molecule has 0 aliphatic carbocycles. The molecule has 0 radical (unpaired) electrons. The minimum Gasteiger partial charge on any atom is -1.00 e. The summed E-state index contributed by atoms with van der Waals surface area (Å²) in [4.78, 5) is -1.52. The van der Waals surface area contributed by atoms with Gasteiger partial charge in [0.05, 0.1) is 0 Å². The van der Waals surface area contributed by atoms with Crippen LogP contribution in [0.4, 0.5) is 0 Å². The molecule has 0 fully saturated rings. The van der Waals surface area contributed by atoms with Crippen molar-refractivity contribution in [3.05, 3.63) is 36.4 Å². The molecule has 11 heteroatoms. The Balaban J connectivity index is 0.00000264. The van der Waals surface area contributed by atoms with Gasteiger partial charge in [0, 0.05) is 0 Å². The monoisotopic (exact) mass is 386 g/mol. The summed E-state index contributed by atoms with van der Waals surface area (Å²) < 4.78 is 62.6. The molecule has 23 heavy (non-hydrogen) atoms. The minimum absolute atomic E-state index is 0. The largest absolute Gasteiger partial charge is 1.00 e. The number of phenols is 2. The summed E-state index contributed by atoms with van der Waals surface area (Å²) in [5.41, 5.74) is 0.269. The number of rotatable bonds is 3. The van der Waals surface area contributed by atoms with Gasteiger partial charge in [0.2, 0.25) is 0 Å². The maximum atomic E-state index is 11.1. The van der Waals surface area contributed by atoms with Crippen molar-refractivity contribution in [3.8, 4) is 22.6 Å². The van der Waals surface area contributed by atoms with Crippen LogP contribution in [0, 0.1) is 0 Å². The molecule has 0 atom stereocenters. The third-order valence-electron chi connectivity index (χ3n) is 2.81. The summed E-state index contributed by atoms with van der Waals surface area (Å²) in [6.07, 6.45) is 0. The van der Waals surface area contributed by atoms with Gasteiger partial charge in [0.15, 0.2) is 0 Å². The van der Waals surface area contributed by atoms with E-state index in [2.05, 4.69) is 0 Å². The Labute approximate surface area is 176 Å². The molecular formula is C12H11KO8S2. The molecule has 0 bridgehead atoms. The van der Waals surface area contributed by atoms with Crippen molar-refractivity contribution in [1.82, 2.24) is 0 Å². The predicted molar refractivity (Wildman–Crippen MR) is 75.9 cm³/mol.